The highest BCUT2D eigenvalue weighted by Crippen LogP contribution is 2.23. The van der Waals surface area contributed by atoms with Gasteiger partial charge in [-0.25, -0.2) is 8.42 Å². The highest BCUT2D eigenvalue weighted by molar-refractivity contribution is 7.91. The lowest BCUT2D eigenvalue weighted by atomic mass is 10.1. The van der Waals surface area contributed by atoms with Gasteiger partial charge in [-0.15, -0.1) is 0 Å². The number of piperazine rings is 1. The van der Waals surface area contributed by atoms with Crippen LogP contribution in [-0.2, 0) is 21.2 Å². The number of benzene rings is 3. The molecule has 3 aromatic rings. The number of ether oxygens (including phenoxy) is 1. The Morgan fingerprint density at radius 2 is 1.52 bits per heavy atom. The summed E-state index contributed by atoms with van der Waals surface area (Å²) < 4.78 is 31.0. The van der Waals surface area contributed by atoms with E-state index in [4.69, 9.17) is 4.74 Å². The van der Waals surface area contributed by atoms with Crippen molar-refractivity contribution >= 4 is 15.7 Å². The van der Waals surface area contributed by atoms with Crippen molar-refractivity contribution in [3.63, 3.8) is 0 Å². The maximum absolute atomic E-state index is 12.7. The Morgan fingerprint density at radius 3 is 2.18 bits per heavy atom. The van der Waals surface area contributed by atoms with Crippen molar-refractivity contribution in [2.75, 3.05) is 32.8 Å². The van der Waals surface area contributed by atoms with Gasteiger partial charge in [0.2, 0.25) is 9.84 Å². The molecular formula is C26H28N2O4S. The molecule has 0 saturated carbocycles. The van der Waals surface area contributed by atoms with Crippen molar-refractivity contribution < 1.29 is 17.9 Å². The van der Waals surface area contributed by atoms with E-state index in [0.717, 1.165) is 19.6 Å². The Hall–Kier alpha value is -3.16. The molecule has 3 aromatic carbocycles. The van der Waals surface area contributed by atoms with E-state index in [1.165, 1.54) is 23.3 Å². The molecular weight excluding hydrogens is 436 g/mol. The predicted molar refractivity (Wildman–Crippen MR) is 127 cm³/mol. The Labute approximate surface area is 195 Å². The third kappa shape index (κ3) is 5.80. The first-order chi connectivity index (χ1) is 15.9. The summed E-state index contributed by atoms with van der Waals surface area (Å²) in [7, 11) is -3.57. The molecule has 0 bridgehead atoms. The van der Waals surface area contributed by atoms with Gasteiger partial charge in [0.15, 0.2) is 6.61 Å². The fourth-order valence-electron chi connectivity index (χ4n) is 3.91. The number of carbonyl (C=O) groups excluding carboxylic acids is 1. The lowest BCUT2D eigenvalue weighted by Crippen LogP contribution is -2.49. The first-order valence-corrected chi connectivity index (χ1v) is 12.5. The molecule has 6 nitrogen and oxygen atoms in total. The number of carbonyl (C=O) groups is 1. The molecule has 1 aliphatic rings. The van der Waals surface area contributed by atoms with E-state index in [1.807, 2.05) is 4.90 Å². The van der Waals surface area contributed by atoms with Crippen LogP contribution in [0.4, 0.5) is 0 Å². The van der Waals surface area contributed by atoms with E-state index in [2.05, 4.69) is 36.1 Å². The van der Waals surface area contributed by atoms with Crippen LogP contribution >= 0.6 is 0 Å². The van der Waals surface area contributed by atoms with Gasteiger partial charge in [-0.1, -0.05) is 48.0 Å². The van der Waals surface area contributed by atoms with Crippen LogP contribution < -0.4 is 4.74 Å². The Bertz CT molecular complexity index is 1190. The third-order valence-corrected chi connectivity index (χ3v) is 7.55. The highest BCUT2D eigenvalue weighted by atomic mass is 32.2. The van der Waals surface area contributed by atoms with E-state index < -0.39 is 9.84 Å². The zero-order valence-electron chi connectivity index (χ0n) is 18.7. The van der Waals surface area contributed by atoms with Crippen LogP contribution in [0.5, 0.6) is 5.75 Å². The number of sulfone groups is 1. The van der Waals surface area contributed by atoms with Gasteiger partial charge >= 0.3 is 0 Å². The molecule has 1 saturated heterocycles. The number of hydrogen-bond acceptors (Lipinski definition) is 5. The summed E-state index contributed by atoms with van der Waals surface area (Å²) in [6.45, 7) is 5.90. The number of amides is 1. The first kappa shape index (κ1) is 23.0. The van der Waals surface area contributed by atoms with Gasteiger partial charge in [-0.3, -0.25) is 9.69 Å². The Kier molecular flexibility index (Phi) is 7.11. The predicted octanol–water partition coefficient (Wildman–Crippen LogP) is 3.55. The lowest BCUT2D eigenvalue weighted by molar-refractivity contribution is -0.135. The van der Waals surface area contributed by atoms with Gasteiger partial charge < -0.3 is 9.64 Å². The molecule has 4 rings (SSSR count). The minimum Gasteiger partial charge on any atom is -0.484 e. The van der Waals surface area contributed by atoms with Gasteiger partial charge in [0, 0.05) is 32.7 Å². The van der Waals surface area contributed by atoms with Crippen molar-refractivity contribution in [2.45, 2.75) is 23.3 Å². The molecule has 0 aromatic heterocycles. The Balaban J connectivity index is 1.26. The molecule has 33 heavy (non-hydrogen) atoms. The van der Waals surface area contributed by atoms with Crippen molar-refractivity contribution in [1.82, 2.24) is 9.80 Å². The number of rotatable bonds is 7. The summed E-state index contributed by atoms with van der Waals surface area (Å²) in [5, 5.41) is 0. The largest absolute Gasteiger partial charge is 0.484 e. The van der Waals surface area contributed by atoms with Crippen LogP contribution in [0.15, 0.2) is 88.7 Å². The molecule has 0 radical (unpaired) electrons. The standard InChI is InChI=1S/C26H28N2O4S/c1-21-6-5-7-22(18-21)19-27-14-16-28(17-15-27)26(29)20-32-23-10-12-25(13-11-23)33(30,31)24-8-3-2-4-9-24/h2-13,18H,14-17,19-20H2,1H3. The van der Waals surface area contributed by atoms with Crippen LogP contribution in [0.1, 0.15) is 11.1 Å². The number of hydrogen-bond donors (Lipinski definition) is 0. The second-order valence-corrected chi connectivity index (χ2v) is 10.2. The molecule has 7 heteroatoms. The van der Waals surface area contributed by atoms with Gasteiger partial charge in [-0.2, -0.15) is 0 Å². The molecule has 1 amide bonds. The summed E-state index contributed by atoms with van der Waals surface area (Å²) in [5.41, 5.74) is 2.54. The molecule has 0 aliphatic carbocycles. The molecule has 0 spiro atoms. The number of aryl methyl sites for hydroxylation is 1. The van der Waals surface area contributed by atoms with E-state index in [-0.39, 0.29) is 22.3 Å². The van der Waals surface area contributed by atoms with E-state index in [0.29, 0.717) is 18.8 Å². The minimum absolute atomic E-state index is 0.0637. The van der Waals surface area contributed by atoms with Crippen LogP contribution in [-0.4, -0.2) is 56.9 Å². The fourth-order valence-corrected chi connectivity index (χ4v) is 5.19. The fraction of sp³-hybridized carbons (Fsp3) is 0.269. The molecule has 1 fully saturated rings. The van der Waals surface area contributed by atoms with Gasteiger partial charge in [0.1, 0.15) is 5.75 Å². The second kappa shape index (κ2) is 10.2. The third-order valence-electron chi connectivity index (χ3n) is 5.76. The molecule has 172 valence electrons. The van der Waals surface area contributed by atoms with E-state index >= 15 is 0 Å². The van der Waals surface area contributed by atoms with Crippen molar-refractivity contribution in [1.29, 1.82) is 0 Å². The quantitative estimate of drug-likeness (QED) is 0.535. The lowest BCUT2D eigenvalue weighted by Gasteiger charge is -2.34. The SMILES string of the molecule is Cc1cccc(CN2CCN(C(=O)COc3ccc(S(=O)(=O)c4ccccc4)cc3)CC2)c1. The first-order valence-electron chi connectivity index (χ1n) is 11.0. The van der Waals surface area contributed by atoms with E-state index in [1.54, 1.807) is 42.5 Å². The van der Waals surface area contributed by atoms with Crippen molar-refractivity contribution in [3.05, 3.63) is 90.0 Å². The highest BCUT2D eigenvalue weighted by Gasteiger charge is 2.22. The molecule has 1 aliphatic heterocycles. The molecule has 0 unspecified atom stereocenters. The summed E-state index contributed by atoms with van der Waals surface area (Å²) >= 11 is 0. The summed E-state index contributed by atoms with van der Waals surface area (Å²) in [6.07, 6.45) is 0. The maximum atomic E-state index is 12.7. The van der Waals surface area contributed by atoms with Crippen LogP contribution in [0.3, 0.4) is 0 Å². The molecule has 1 heterocycles. The van der Waals surface area contributed by atoms with Crippen molar-refractivity contribution in [3.8, 4) is 5.75 Å². The molecule has 0 atom stereocenters. The van der Waals surface area contributed by atoms with Gasteiger partial charge in [0.25, 0.3) is 5.91 Å². The topological polar surface area (TPSA) is 66.9 Å². The zero-order chi connectivity index (χ0) is 23.3. The monoisotopic (exact) mass is 464 g/mol. The summed E-state index contributed by atoms with van der Waals surface area (Å²) in [5.74, 6) is 0.402. The normalized spacial score (nSPS) is 14.8. The average molecular weight is 465 g/mol. The van der Waals surface area contributed by atoms with Gasteiger partial charge in [-0.05, 0) is 48.9 Å². The molecule has 0 N–H and O–H groups in total. The smallest absolute Gasteiger partial charge is 0.260 e. The van der Waals surface area contributed by atoms with Crippen LogP contribution in [0.2, 0.25) is 0 Å². The zero-order valence-corrected chi connectivity index (χ0v) is 19.5. The average Bonchev–Trinajstić information content (AvgIpc) is 2.84. The second-order valence-electron chi connectivity index (χ2n) is 8.22. The number of nitrogens with zero attached hydrogens (tertiary/aromatic N) is 2. The van der Waals surface area contributed by atoms with Crippen molar-refractivity contribution in [2.24, 2.45) is 0 Å². The maximum Gasteiger partial charge on any atom is 0.260 e. The van der Waals surface area contributed by atoms with E-state index in [9.17, 15) is 13.2 Å². The minimum atomic E-state index is -3.57. The summed E-state index contributed by atoms with van der Waals surface area (Å²) in [6, 6.07) is 23.0. The Morgan fingerprint density at radius 1 is 0.848 bits per heavy atom. The van der Waals surface area contributed by atoms with Crippen LogP contribution in [0, 0.1) is 6.92 Å². The van der Waals surface area contributed by atoms with Crippen LogP contribution in [0.25, 0.3) is 0 Å². The summed E-state index contributed by atoms with van der Waals surface area (Å²) in [4.78, 5) is 17.2. The van der Waals surface area contributed by atoms with Gasteiger partial charge in [0.05, 0.1) is 9.79 Å².